The van der Waals surface area contributed by atoms with Gasteiger partial charge in [-0.3, -0.25) is 4.79 Å². The summed E-state index contributed by atoms with van der Waals surface area (Å²) in [5.74, 6) is 1.34. The van der Waals surface area contributed by atoms with Crippen molar-refractivity contribution in [1.82, 2.24) is 0 Å². The minimum Gasteiger partial charge on any atom is -0.493 e. The van der Waals surface area contributed by atoms with Crippen LogP contribution < -0.4 is 4.74 Å². The Bertz CT molecular complexity index is 684. The van der Waals surface area contributed by atoms with Crippen molar-refractivity contribution in [2.45, 2.75) is 18.8 Å². The summed E-state index contributed by atoms with van der Waals surface area (Å²) in [6.45, 7) is 0.683. The highest BCUT2D eigenvalue weighted by molar-refractivity contribution is 14.1. The molecule has 108 valence electrons. The van der Waals surface area contributed by atoms with Crippen LogP contribution in [0, 0.1) is 3.57 Å². The van der Waals surface area contributed by atoms with E-state index < -0.39 is 0 Å². The molecule has 0 amide bonds. The van der Waals surface area contributed by atoms with Gasteiger partial charge in [0.2, 0.25) is 0 Å². The molecule has 0 aromatic heterocycles. The van der Waals surface area contributed by atoms with Crippen molar-refractivity contribution in [3.8, 4) is 5.75 Å². The van der Waals surface area contributed by atoms with Gasteiger partial charge in [0.1, 0.15) is 5.75 Å². The minimum atomic E-state index is 0.182. The third kappa shape index (κ3) is 3.31. The van der Waals surface area contributed by atoms with Gasteiger partial charge in [0.15, 0.2) is 5.78 Å². The SMILES string of the molecule is O=C(CC1CCOc2ccccc21)c1cc(I)ccc1Br. The molecule has 4 heteroatoms. The standard InChI is InChI=1S/C17H14BrIO2/c18-15-6-5-12(19)10-14(15)16(20)9-11-7-8-21-17-4-2-1-3-13(11)17/h1-6,10-11H,7-9H2. The molecule has 0 N–H and O–H groups in total. The molecule has 0 spiro atoms. The molecule has 0 fully saturated rings. The van der Waals surface area contributed by atoms with E-state index in [2.05, 4.69) is 44.6 Å². The molecule has 0 bridgehead atoms. The third-order valence-electron chi connectivity index (χ3n) is 3.74. The zero-order valence-corrected chi connectivity index (χ0v) is 15.1. The molecule has 0 aliphatic carbocycles. The van der Waals surface area contributed by atoms with Gasteiger partial charge in [-0.2, -0.15) is 0 Å². The van der Waals surface area contributed by atoms with E-state index in [1.54, 1.807) is 0 Å². The van der Waals surface area contributed by atoms with E-state index in [0.717, 1.165) is 31.3 Å². The average molecular weight is 457 g/mol. The van der Waals surface area contributed by atoms with Crippen LogP contribution in [-0.2, 0) is 0 Å². The summed E-state index contributed by atoms with van der Waals surface area (Å²) >= 11 is 5.71. The number of ketones is 1. The molecule has 1 atom stereocenters. The molecule has 2 aromatic carbocycles. The van der Waals surface area contributed by atoms with Gasteiger partial charge in [-0.25, -0.2) is 0 Å². The van der Waals surface area contributed by atoms with Gasteiger partial charge in [0.25, 0.3) is 0 Å². The van der Waals surface area contributed by atoms with E-state index in [-0.39, 0.29) is 11.7 Å². The number of carbonyl (C=O) groups excluding carboxylic acids is 1. The summed E-state index contributed by atoms with van der Waals surface area (Å²) < 4.78 is 7.61. The summed E-state index contributed by atoms with van der Waals surface area (Å²) in [4.78, 5) is 12.6. The van der Waals surface area contributed by atoms with Crippen LogP contribution in [0.15, 0.2) is 46.9 Å². The number of ether oxygens (including phenoxy) is 1. The molecule has 2 nitrogen and oxygen atoms in total. The Morgan fingerprint density at radius 2 is 2.10 bits per heavy atom. The number of halogens is 2. The summed E-state index contributed by atoms with van der Waals surface area (Å²) in [6, 6.07) is 13.9. The maximum atomic E-state index is 12.6. The van der Waals surface area contributed by atoms with Gasteiger partial charge in [-0.05, 0) is 64.8 Å². The van der Waals surface area contributed by atoms with Crippen molar-refractivity contribution in [3.63, 3.8) is 0 Å². The molecule has 1 heterocycles. The molecule has 21 heavy (non-hydrogen) atoms. The average Bonchev–Trinajstić information content (AvgIpc) is 2.50. The summed E-state index contributed by atoms with van der Waals surface area (Å²) in [5, 5.41) is 0. The molecule has 0 saturated heterocycles. The monoisotopic (exact) mass is 456 g/mol. The topological polar surface area (TPSA) is 26.3 Å². The highest BCUT2D eigenvalue weighted by Gasteiger charge is 2.24. The predicted octanol–water partition coefficient (Wildman–Crippen LogP) is 5.19. The maximum Gasteiger partial charge on any atom is 0.164 e. The first-order valence-corrected chi connectivity index (χ1v) is 8.72. The molecule has 0 saturated carbocycles. The van der Waals surface area contributed by atoms with E-state index in [9.17, 15) is 4.79 Å². The lowest BCUT2D eigenvalue weighted by molar-refractivity contribution is 0.0965. The molecule has 1 aliphatic heterocycles. The van der Waals surface area contributed by atoms with Gasteiger partial charge >= 0.3 is 0 Å². The second-order valence-corrected chi connectivity index (χ2v) is 7.22. The number of carbonyl (C=O) groups is 1. The second-order valence-electron chi connectivity index (χ2n) is 5.12. The first-order valence-electron chi connectivity index (χ1n) is 6.85. The lowest BCUT2D eigenvalue weighted by atomic mass is 9.87. The minimum absolute atomic E-state index is 0.182. The van der Waals surface area contributed by atoms with Crippen molar-refractivity contribution in [3.05, 3.63) is 61.6 Å². The fraction of sp³-hybridized carbons (Fsp3) is 0.235. The lowest BCUT2D eigenvalue weighted by Crippen LogP contribution is -2.17. The van der Waals surface area contributed by atoms with Crippen molar-refractivity contribution < 1.29 is 9.53 Å². The van der Waals surface area contributed by atoms with Crippen LogP contribution in [0.25, 0.3) is 0 Å². The van der Waals surface area contributed by atoms with Crippen LogP contribution in [0.4, 0.5) is 0 Å². The van der Waals surface area contributed by atoms with Gasteiger partial charge in [0, 0.05) is 20.0 Å². The van der Waals surface area contributed by atoms with Gasteiger partial charge in [0.05, 0.1) is 6.61 Å². The van der Waals surface area contributed by atoms with Crippen molar-refractivity contribution >= 4 is 44.3 Å². The number of benzene rings is 2. The first kappa shape index (κ1) is 15.0. The second kappa shape index (κ2) is 6.48. The number of Topliss-reactive ketones (excluding diaryl/α,β-unsaturated/α-hetero) is 1. The predicted molar refractivity (Wildman–Crippen MR) is 95.1 cm³/mol. The smallest absolute Gasteiger partial charge is 0.164 e. The van der Waals surface area contributed by atoms with Gasteiger partial charge < -0.3 is 4.74 Å². The lowest BCUT2D eigenvalue weighted by Gasteiger charge is -2.25. The van der Waals surface area contributed by atoms with E-state index in [1.807, 2.05) is 36.4 Å². The summed E-state index contributed by atoms with van der Waals surface area (Å²) in [7, 11) is 0. The van der Waals surface area contributed by atoms with Crippen LogP contribution in [0.1, 0.15) is 34.7 Å². The quantitative estimate of drug-likeness (QED) is 0.469. The Morgan fingerprint density at radius 3 is 2.95 bits per heavy atom. The fourth-order valence-corrected chi connectivity index (χ4v) is 3.63. The van der Waals surface area contributed by atoms with Crippen molar-refractivity contribution in [1.29, 1.82) is 0 Å². The Labute approximate surface area is 146 Å². The Kier molecular flexibility index (Phi) is 4.64. The fourth-order valence-electron chi connectivity index (χ4n) is 2.67. The van der Waals surface area contributed by atoms with Crippen LogP contribution in [0.5, 0.6) is 5.75 Å². The molecular formula is C17H14BrIO2. The highest BCUT2D eigenvalue weighted by atomic mass is 127. The summed E-state index contributed by atoms with van der Waals surface area (Å²) in [6.07, 6.45) is 1.42. The Hall–Kier alpha value is -0.880. The first-order chi connectivity index (χ1) is 10.1. The maximum absolute atomic E-state index is 12.6. The molecular weight excluding hydrogens is 443 g/mol. The van der Waals surface area contributed by atoms with Crippen LogP contribution in [0.2, 0.25) is 0 Å². The van der Waals surface area contributed by atoms with Crippen LogP contribution in [0.3, 0.4) is 0 Å². The molecule has 1 aliphatic rings. The number of hydrogen-bond donors (Lipinski definition) is 0. The largest absolute Gasteiger partial charge is 0.493 e. The van der Waals surface area contributed by atoms with Crippen LogP contribution in [-0.4, -0.2) is 12.4 Å². The van der Waals surface area contributed by atoms with Crippen LogP contribution >= 0.6 is 38.5 Å². The third-order valence-corrected chi connectivity index (χ3v) is 5.11. The highest BCUT2D eigenvalue weighted by Crippen LogP contribution is 2.36. The van der Waals surface area contributed by atoms with Crippen molar-refractivity contribution in [2.24, 2.45) is 0 Å². The van der Waals surface area contributed by atoms with Crippen molar-refractivity contribution in [2.75, 3.05) is 6.61 Å². The zero-order chi connectivity index (χ0) is 14.8. The zero-order valence-electron chi connectivity index (χ0n) is 11.3. The normalized spacial score (nSPS) is 17.0. The number of hydrogen-bond acceptors (Lipinski definition) is 2. The molecule has 3 rings (SSSR count). The Morgan fingerprint density at radius 1 is 1.29 bits per heavy atom. The number of rotatable bonds is 3. The van der Waals surface area contributed by atoms with E-state index in [0.29, 0.717) is 13.0 Å². The molecule has 0 radical (unpaired) electrons. The number of para-hydroxylation sites is 1. The molecule has 2 aromatic rings. The van der Waals surface area contributed by atoms with E-state index in [4.69, 9.17) is 4.74 Å². The van der Waals surface area contributed by atoms with Gasteiger partial charge in [-0.15, -0.1) is 0 Å². The number of fused-ring (bicyclic) bond motifs is 1. The van der Waals surface area contributed by atoms with E-state index in [1.165, 1.54) is 0 Å². The van der Waals surface area contributed by atoms with Gasteiger partial charge in [-0.1, -0.05) is 34.1 Å². The van der Waals surface area contributed by atoms with E-state index >= 15 is 0 Å². The molecule has 1 unspecified atom stereocenters. The summed E-state index contributed by atoms with van der Waals surface area (Å²) in [5.41, 5.74) is 1.92. The Balaban J connectivity index is 1.84.